The van der Waals surface area contributed by atoms with Crippen LogP contribution in [0.4, 0.5) is 0 Å². The lowest BCUT2D eigenvalue weighted by molar-refractivity contribution is 0.166. The lowest BCUT2D eigenvalue weighted by Gasteiger charge is -2.33. The van der Waals surface area contributed by atoms with Crippen molar-refractivity contribution in [3.8, 4) is 0 Å². The predicted molar refractivity (Wildman–Crippen MR) is 62.1 cm³/mol. The summed E-state index contributed by atoms with van der Waals surface area (Å²) in [6.45, 7) is 6.54. The molecule has 1 aliphatic heterocycles. The maximum atomic E-state index is 6.07. The molecule has 2 heterocycles. The van der Waals surface area contributed by atoms with Crippen LogP contribution in [0.2, 0.25) is 5.02 Å². The van der Waals surface area contributed by atoms with Crippen LogP contribution in [0.15, 0.2) is 10.8 Å². The number of rotatable bonds is 2. The summed E-state index contributed by atoms with van der Waals surface area (Å²) in [5.41, 5.74) is 1.27. The zero-order valence-electron chi connectivity index (χ0n) is 8.29. The van der Waals surface area contributed by atoms with E-state index in [0.29, 0.717) is 6.04 Å². The first-order valence-corrected chi connectivity index (χ1v) is 6.25. The molecule has 4 heteroatoms. The molecule has 0 radical (unpaired) electrons. The van der Waals surface area contributed by atoms with E-state index in [0.717, 1.165) is 31.2 Å². The van der Waals surface area contributed by atoms with E-state index in [2.05, 4.69) is 22.5 Å². The van der Waals surface area contributed by atoms with Crippen LogP contribution in [0.5, 0.6) is 0 Å². The highest BCUT2D eigenvalue weighted by Crippen LogP contribution is 2.23. The first kappa shape index (κ1) is 10.4. The molecule has 1 aromatic heterocycles. The summed E-state index contributed by atoms with van der Waals surface area (Å²) in [7, 11) is 0. The van der Waals surface area contributed by atoms with E-state index in [-0.39, 0.29) is 0 Å². The third-order valence-corrected chi connectivity index (χ3v) is 3.97. The smallest absolute Gasteiger partial charge is 0.0557 e. The lowest BCUT2D eigenvalue weighted by atomic mass is 10.2. The molecule has 2 rings (SSSR count). The molecule has 0 saturated carbocycles. The summed E-state index contributed by atoms with van der Waals surface area (Å²) < 4.78 is 0. The average molecular weight is 231 g/mol. The summed E-state index contributed by atoms with van der Waals surface area (Å²) in [5, 5.41) is 8.46. The van der Waals surface area contributed by atoms with Gasteiger partial charge in [0.25, 0.3) is 0 Å². The van der Waals surface area contributed by atoms with E-state index in [4.69, 9.17) is 11.6 Å². The number of halogens is 1. The lowest BCUT2D eigenvalue weighted by Crippen LogP contribution is -2.49. The first-order chi connectivity index (χ1) is 6.77. The van der Waals surface area contributed by atoms with Crippen molar-refractivity contribution in [2.75, 3.05) is 19.6 Å². The maximum Gasteiger partial charge on any atom is 0.0557 e. The minimum absolute atomic E-state index is 0.611. The molecular weight excluding hydrogens is 216 g/mol. The second-order valence-corrected chi connectivity index (χ2v) is 4.92. The highest BCUT2D eigenvalue weighted by Gasteiger charge is 2.18. The molecule has 1 aliphatic rings. The summed E-state index contributed by atoms with van der Waals surface area (Å²) in [6.07, 6.45) is 0. The van der Waals surface area contributed by atoms with Gasteiger partial charge in [0.15, 0.2) is 0 Å². The highest BCUT2D eigenvalue weighted by atomic mass is 35.5. The van der Waals surface area contributed by atoms with Crippen molar-refractivity contribution in [1.82, 2.24) is 10.2 Å². The number of nitrogens with one attached hydrogen (secondary N) is 1. The van der Waals surface area contributed by atoms with Crippen LogP contribution in [0.3, 0.4) is 0 Å². The fourth-order valence-corrected chi connectivity index (χ4v) is 2.80. The zero-order chi connectivity index (χ0) is 9.97. The van der Waals surface area contributed by atoms with E-state index in [1.165, 1.54) is 5.56 Å². The van der Waals surface area contributed by atoms with Crippen molar-refractivity contribution >= 4 is 22.9 Å². The van der Waals surface area contributed by atoms with Gasteiger partial charge >= 0.3 is 0 Å². The van der Waals surface area contributed by atoms with Gasteiger partial charge in [0, 0.05) is 37.6 Å². The molecule has 0 bridgehead atoms. The normalized spacial score (nSPS) is 24.0. The molecule has 1 atom stereocenters. The molecule has 0 amide bonds. The standard InChI is InChI=1S/C10H15ClN2S/c1-8-4-12-2-3-13(8)5-9-6-14-7-10(9)11/h6-8,12H,2-5H2,1H3/t8-/m1/s1. The third-order valence-electron chi connectivity index (χ3n) is 2.70. The van der Waals surface area contributed by atoms with Crippen molar-refractivity contribution in [1.29, 1.82) is 0 Å². The minimum atomic E-state index is 0.611. The fourth-order valence-electron chi connectivity index (χ4n) is 1.76. The van der Waals surface area contributed by atoms with Crippen LogP contribution in [0, 0.1) is 0 Å². The van der Waals surface area contributed by atoms with E-state index >= 15 is 0 Å². The van der Waals surface area contributed by atoms with Gasteiger partial charge < -0.3 is 5.32 Å². The molecule has 0 aromatic carbocycles. The molecule has 0 aliphatic carbocycles. The molecule has 0 spiro atoms. The predicted octanol–water partition coefficient (Wildman–Crippen LogP) is 2.20. The van der Waals surface area contributed by atoms with Crippen LogP contribution in [0.1, 0.15) is 12.5 Å². The maximum absolute atomic E-state index is 6.07. The summed E-state index contributed by atoms with van der Waals surface area (Å²) in [5.74, 6) is 0. The van der Waals surface area contributed by atoms with Crippen molar-refractivity contribution in [3.63, 3.8) is 0 Å². The van der Waals surface area contributed by atoms with Crippen molar-refractivity contribution in [2.24, 2.45) is 0 Å². The Balaban J connectivity index is 1.99. The number of thiophene rings is 1. The van der Waals surface area contributed by atoms with Crippen LogP contribution in [-0.2, 0) is 6.54 Å². The van der Waals surface area contributed by atoms with E-state index < -0.39 is 0 Å². The molecular formula is C10H15ClN2S. The van der Waals surface area contributed by atoms with Gasteiger partial charge in [0.05, 0.1) is 5.02 Å². The monoisotopic (exact) mass is 230 g/mol. The molecule has 1 aromatic rings. The second-order valence-electron chi connectivity index (χ2n) is 3.77. The highest BCUT2D eigenvalue weighted by molar-refractivity contribution is 7.08. The Bertz CT molecular complexity index is 300. The summed E-state index contributed by atoms with van der Waals surface area (Å²) >= 11 is 7.76. The Morgan fingerprint density at radius 2 is 2.50 bits per heavy atom. The van der Waals surface area contributed by atoms with Gasteiger partial charge in [0.2, 0.25) is 0 Å². The van der Waals surface area contributed by atoms with Crippen LogP contribution in [-0.4, -0.2) is 30.6 Å². The molecule has 14 heavy (non-hydrogen) atoms. The largest absolute Gasteiger partial charge is 0.314 e. The van der Waals surface area contributed by atoms with Gasteiger partial charge in [-0.2, -0.15) is 11.3 Å². The van der Waals surface area contributed by atoms with Gasteiger partial charge in [0.1, 0.15) is 0 Å². The van der Waals surface area contributed by atoms with Gasteiger partial charge in [-0.15, -0.1) is 0 Å². The number of hydrogen-bond acceptors (Lipinski definition) is 3. The average Bonchev–Trinajstić information content (AvgIpc) is 2.56. The van der Waals surface area contributed by atoms with Crippen LogP contribution >= 0.6 is 22.9 Å². The van der Waals surface area contributed by atoms with Gasteiger partial charge in [-0.25, -0.2) is 0 Å². The molecule has 78 valence electrons. The Morgan fingerprint density at radius 1 is 1.64 bits per heavy atom. The van der Waals surface area contributed by atoms with Gasteiger partial charge in [-0.1, -0.05) is 11.6 Å². The third kappa shape index (κ3) is 2.28. The molecule has 1 N–H and O–H groups in total. The van der Waals surface area contributed by atoms with Crippen LogP contribution < -0.4 is 5.32 Å². The van der Waals surface area contributed by atoms with Gasteiger partial charge in [-0.05, 0) is 17.9 Å². The Kier molecular flexibility index (Phi) is 3.44. The Labute approximate surface area is 93.9 Å². The van der Waals surface area contributed by atoms with E-state index in [9.17, 15) is 0 Å². The quantitative estimate of drug-likeness (QED) is 0.838. The summed E-state index contributed by atoms with van der Waals surface area (Å²) in [6, 6.07) is 0.611. The fraction of sp³-hybridized carbons (Fsp3) is 0.600. The molecule has 1 fully saturated rings. The topological polar surface area (TPSA) is 15.3 Å². The Morgan fingerprint density at radius 3 is 3.14 bits per heavy atom. The zero-order valence-corrected chi connectivity index (χ0v) is 9.87. The van der Waals surface area contributed by atoms with Crippen molar-refractivity contribution < 1.29 is 0 Å². The van der Waals surface area contributed by atoms with Crippen molar-refractivity contribution in [3.05, 3.63) is 21.3 Å². The summed E-state index contributed by atoms with van der Waals surface area (Å²) in [4.78, 5) is 2.48. The molecule has 1 saturated heterocycles. The SMILES string of the molecule is C[C@@H]1CNCCN1Cc1cscc1Cl. The second kappa shape index (κ2) is 4.62. The molecule has 2 nitrogen and oxygen atoms in total. The number of hydrogen-bond donors (Lipinski definition) is 1. The van der Waals surface area contributed by atoms with E-state index in [1.807, 2.05) is 5.38 Å². The van der Waals surface area contributed by atoms with Crippen molar-refractivity contribution in [2.45, 2.75) is 19.5 Å². The molecule has 0 unspecified atom stereocenters. The number of piperazine rings is 1. The minimum Gasteiger partial charge on any atom is -0.314 e. The first-order valence-electron chi connectivity index (χ1n) is 4.92. The van der Waals surface area contributed by atoms with E-state index in [1.54, 1.807) is 11.3 Å². The Hall–Kier alpha value is -0.0900. The van der Waals surface area contributed by atoms with Gasteiger partial charge in [-0.3, -0.25) is 4.90 Å². The van der Waals surface area contributed by atoms with Crippen LogP contribution in [0.25, 0.3) is 0 Å². The number of nitrogens with zero attached hydrogens (tertiary/aromatic N) is 1.